The number of sulfonamides is 1. The number of aromatic nitrogens is 2. The molecule has 0 saturated heterocycles. The molecule has 1 aliphatic carbocycles. The third-order valence-corrected chi connectivity index (χ3v) is 6.24. The molecule has 8 heteroatoms. The summed E-state index contributed by atoms with van der Waals surface area (Å²) in [6, 6.07) is 4.65. The summed E-state index contributed by atoms with van der Waals surface area (Å²) in [5.74, 6) is -1.11. The predicted molar refractivity (Wildman–Crippen MR) is 87.5 cm³/mol. The molecule has 1 aromatic carbocycles. The van der Waals surface area contributed by atoms with Gasteiger partial charge in [0.05, 0.1) is 17.0 Å². The fourth-order valence-electron chi connectivity index (χ4n) is 2.98. The highest BCUT2D eigenvalue weighted by atomic mass is 32.2. The molecule has 1 N–H and O–H groups in total. The Hall–Kier alpha value is -2.19. The van der Waals surface area contributed by atoms with E-state index in [9.17, 15) is 18.3 Å². The maximum Gasteiger partial charge on any atom is 0.335 e. The monoisotopic (exact) mass is 349 g/mol. The van der Waals surface area contributed by atoms with E-state index in [-0.39, 0.29) is 17.0 Å². The molecule has 3 rings (SSSR count). The SMILES string of the molecule is CN(CCn1cccn1)S(=O)(=O)c1cc(C(=O)O)cc2c1CCC2. The van der Waals surface area contributed by atoms with Crippen molar-refractivity contribution in [1.29, 1.82) is 0 Å². The first kappa shape index (κ1) is 16.7. The Morgan fingerprint density at radius 3 is 2.83 bits per heavy atom. The Labute approximate surface area is 140 Å². The van der Waals surface area contributed by atoms with Crippen molar-refractivity contribution in [3.63, 3.8) is 0 Å². The molecular weight excluding hydrogens is 330 g/mol. The van der Waals surface area contributed by atoms with E-state index in [4.69, 9.17) is 0 Å². The van der Waals surface area contributed by atoms with E-state index in [1.807, 2.05) is 0 Å². The van der Waals surface area contributed by atoms with Crippen LogP contribution in [0.15, 0.2) is 35.5 Å². The second kappa shape index (κ2) is 6.37. The van der Waals surface area contributed by atoms with Gasteiger partial charge in [0.25, 0.3) is 0 Å². The average Bonchev–Trinajstić information content (AvgIpc) is 3.22. The summed E-state index contributed by atoms with van der Waals surface area (Å²) in [4.78, 5) is 11.4. The van der Waals surface area contributed by atoms with Crippen molar-refractivity contribution in [1.82, 2.24) is 14.1 Å². The van der Waals surface area contributed by atoms with E-state index in [0.717, 1.165) is 24.0 Å². The van der Waals surface area contributed by atoms with E-state index >= 15 is 0 Å². The zero-order chi connectivity index (χ0) is 17.3. The van der Waals surface area contributed by atoms with Crippen LogP contribution in [0.3, 0.4) is 0 Å². The third-order valence-electron chi connectivity index (χ3n) is 4.31. The number of fused-ring (bicyclic) bond motifs is 1. The zero-order valence-electron chi connectivity index (χ0n) is 13.3. The standard InChI is InChI=1S/C16H19N3O4S/c1-18(8-9-19-7-3-6-17-19)24(22,23)15-11-13(16(20)21)10-12-4-2-5-14(12)15/h3,6-7,10-11H,2,4-5,8-9H2,1H3,(H,20,21). The van der Waals surface area contributed by atoms with Gasteiger partial charge in [0, 0.05) is 26.0 Å². The van der Waals surface area contributed by atoms with Gasteiger partial charge >= 0.3 is 5.97 Å². The molecule has 0 atom stereocenters. The molecule has 0 bridgehead atoms. The summed E-state index contributed by atoms with van der Waals surface area (Å²) in [7, 11) is -2.24. The Morgan fingerprint density at radius 1 is 1.38 bits per heavy atom. The van der Waals surface area contributed by atoms with E-state index in [0.29, 0.717) is 13.0 Å². The van der Waals surface area contributed by atoms with Gasteiger partial charge in [-0.15, -0.1) is 0 Å². The molecule has 24 heavy (non-hydrogen) atoms. The maximum atomic E-state index is 12.9. The lowest BCUT2D eigenvalue weighted by atomic mass is 10.1. The van der Waals surface area contributed by atoms with E-state index in [1.165, 1.54) is 17.4 Å². The molecule has 1 heterocycles. The first-order valence-electron chi connectivity index (χ1n) is 7.72. The van der Waals surface area contributed by atoms with Crippen LogP contribution < -0.4 is 0 Å². The minimum absolute atomic E-state index is 0.0229. The molecule has 1 aliphatic rings. The lowest BCUT2D eigenvalue weighted by molar-refractivity contribution is 0.0696. The number of carboxylic acids is 1. The van der Waals surface area contributed by atoms with Gasteiger partial charge in [-0.25, -0.2) is 13.2 Å². The van der Waals surface area contributed by atoms with Crippen LogP contribution in [0.1, 0.15) is 27.9 Å². The number of nitrogens with zero attached hydrogens (tertiary/aromatic N) is 3. The van der Waals surface area contributed by atoms with Crippen molar-refractivity contribution in [2.45, 2.75) is 30.7 Å². The number of hydrogen-bond donors (Lipinski definition) is 1. The molecule has 0 spiro atoms. The Kier molecular flexibility index (Phi) is 4.42. The van der Waals surface area contributed by atoms with E-state index in [1.54, 1.807) is 29.2 Å². The van der Waals surface area contributed by atoms with Crippen LogP contribution in [0.25, 0.3) is 0 Å². The number of likely N-dealkylation sites (N-methyl/N-ethyl adjacent to an activating group) is 1. The number of rotatable bonds is 6. The highest BCUT2D eigenvalue weighted by molar-refractivity contribution is 7.89. The lowest BCUT2D eigenvalue weighted by Gasteiger charge is -2.19. The molecule has 0 amide bonds. The van der Waals surface area contributed by atoms with Gasteiger partial charge in [-0.2, -0.15) is 9.40 Å². The first-order valence-corrected chi connectivity index (χ1v) is 9.16. The molecule has 1 aromatic heterocycles. The van der Waals surface area contributed by atoms with Crippen molar-refractivity contribution in [3.05, 3.63) is 47.3 Å². The quantitative estimate of drug-likeness (QED) is 0.851. The van der Waals surface area contributed by atoms with Crippen molar-refractivity contribution in [2.75, 3.05) is 13.6 Å². The van der Waals surface area contributed by atoms with Crippen molar-refractivity contribution in [2.24, 2.45) is 0 Å². The smallest absolute Gasteiger partial charge is 0.335 e. The third kappa shape index (κ3) is 3.07. The van der Waals surface area contributed by atoms with Gasteiger partial charge in [0.15, 0.2) is 0 Å². The summed E-state index contributed by atoms with van der Waals surface area (Å²) in [5.41, 5.74) is 1.61. The summed E-state index contributed by atoms with van der Waals surface area (Å²) in [5, 5.41) is 13.3. The van der Waals surface area contributed by atoms with Crippen molar-refractivity contribution >= 4 is 16.0 Å². The minimum Gasteiger partial charge on any atom is -0.478 e. The van der Waals surface area contributed by atoms with Crippen LogP contribution in [0.4, 0.5) is 0 Å². The van der Waals surface area contributed by atoms with Gasteiger partial charge in [0.2, 0.25) is 10.0 Å². The van der Waals surface area contributed by atoms with Crippen LogP contribution in [0.5, 0.6) is 0 Å². The van der Waals surface area contributed by atoms with Crippen LogP contribution in [-0.2, 0) is 29.4 Å². The minimum atomic E-state index is -3.74. The topological polar surface area (TPSA) is 92.5 Å². The van der Waals surface area contributed by atoms with Gasteiger partial charge in [-0.1, -0.05) is 0 Å². The van der Waals surface area contributed by atoms with Gasteiger partial charge < -0.3 is 5.11 Å². The molecule has 2 aromatic rings. The molecule has 0 radical (unpaired) electrons. The summed E-state index contributed by atoms with van der Waals surface area (Å²) in [6.45, 7) is 0.694. The van der Waals surface area contributed by atoms with Crippen molar-refractivity contribution in [3.8, 4) is 0 Å². The van der Waals surface area contributed by atoms with E-state index in [2.05, 4.69) is 5.10 Å². The van der Waals surface area contributed by atoms with Crippen LogP contribution in [0, 0.1) is 0 Å². The molecule has 0 saturated carbocycles. The van der Waals surface area contributed by atoms with Gasteiger partial charge in [-0.05, 0) is 48.6 Å². The number of aryl methyl sites for hydroxylation is 1. The van der Waals surface area contributed by atoms with Gasteiger partial charge in [-0.3, -0.25) is 4.68 Å². The van der Waals surface area contributed by atoms with Crippen LogP contribution in [-0.4, -0.2) is 47.2 Å². The summed E-state index contributed by atoms with van der Waals surface area (Å²) in [6.07, 6.45) is 5.63. The Balaban J connectivity index is 1.92. The van der Waals surface area contributed by atoms with Crippen molar-refractivity contribution < 1.29 is 18.3 Å². The highest BCUT2D eigenvalue weighted by Crippen LogP contribution is 2.31. The second-order valence-corrected chi connectivity index (χ2v) is 7.88. The van der Waals surface area contributed by atoms with E-state index < -0.39 is 16.0 Å². The fourth-order valence-corrected chi connectivity index (χ4v) is 4.46. The average molecular weight is 349 g/mol. The largest absolute Gasteiger partial charge is 0.478 e. The number of hydrogen-bond acceptors (Lipinski definition) is 4. The predicted octanol–water partition coefficient (Wildman–Crippen LogP) is 1.39. The molecule has 7 nitrogen and oxygen atoms in total. The molecule has 0 unspecified atom stereocenters. The summed E-state index contributed by atoms with van der Waals surface area (Å²) < 4.78 is 28.8. The lowest BCUT2D eigenvalue weighted by Crippen LogP contribution is -2.31. The molecule has 0 aliphatic heterocycles. The number of carboxylic acid groups (broad SMARTS) is 1. The fraction of sp³-hybridized carbons (Fsp3) is 0.375. The second-order valence-electron chi connectivity index (χ2n) is 5.87. The Morgan fingerprint density at radius 2 is 2.17 bits per heavy atom. The maximum absolute atomic E-state index is 12.9. The first-order chi connectivity index (χ1) is 11.4. The van der Waals surface area contributed by atoms with Crippen LogP contribution >= 0.6 is 0 Å². The number of benzene rings is 1. The molecular formula is C16H19N3O4S. The number of carbonyl (C=O) groups is 1. The van der Waals surface area contributed by atoms with Gasteiger partial charge in [0.1, 0.15) is 0 Å². The highest BCUT2D eigenvalue weighted by Gasteiger charge is 2.29. The zero-order valence-corrected chi connectivity index (χ0v) is 14.2. The van der Waals surface area contributed by atoms with Crippen LogP contribution in [0.2, 0.25) is 0 Å². The Bertz CT molecular complexity index is 860. The summed E-state index contributed by atoms with van der Waals surface area (Å²) >= 11 is 0. The normalized spacial score (nSPS) is 14.1. The molecule has 128 valence electrons. The number of aromatic carboxylic acids is 1. The molecule has 0 fully saturated rings.